The molecule has 4 heteroatoms. The molecule has 0 aliphatic carbocycles. The molecule has 0 bridgehead atoms. The first kappa shape index (κ1) is 12.5. The van der Waals surface area contributed by atoms with Gasteiger partial charge in [-0.25, -0.2) is 0 Å². The van der Waals surface area contributed by atoms with Crippen LogP contribution in [-0.4, -0.2) is 11.3 Å². The van der Waals surface area contributed by atoms with E-state index in [2.05, 4.69) is 6.07 Å². The number of hydrogen-bond donors (Lipinski definition) is 2. The van der Waals surface area contributed by atoms with Crippen LogP contribution in [0.15, 0.2) is 48.5 Å². The average Bonchev–Trinajstić information content (AvgIpc) is 2.46. The van der Waals surface area contributed by atoms with Crippen LogP contribution in [0.5, 0.6) is 11.5 Å². The molecule has 0 radical (unpaired) electrons. The molecule has 0 aromatic heterocycles. The lowest BCUT2D eigenvalue weighted by Gasteiger charge is -2.34. The van der Waals surface area contributed by atoms with Gasteiger partial charge in [-0.1, -0.05) is 36.4 Å². The van der Waals surface area contributed by atoms with E-state index in [9.17, 15) is 10.4 Å². The molecule has 0 saturated carbocycles. The van der Waals surface area contributed by atoms with Gasteiger partial charge >= 0.3 is 0 Å². The largest absolute Gasteiger partial charge is 0.508 e. The number of phenols is 1. The van der Waals surface area contributed by atoms with E-state index in [1.54, 1.807) is 18.2 Å². The Bertz CT molecular complexity index is 664. The molecule has 1 heterocycles. The first-order chi connectivity index (χ1) is 9.70. The van der Waals surface area contributed by atoms with Gasteiger partial charge in [0.05, 0.1) is 6.07 Å². The fourth-order valence-corrected chi connectivity index (χ4v) is 2.68. The standard InChI is InChI=1S/C16H14N2O2/c17-9-13-15(10-4-2-1-3-5-10)12-7-6-11(19)8-14(12)20-16(13)18/h1-8,13,15-16,19H,18H2/t13-,15-,16+/m0/s1. The van der Waals surface area contributed by atoms with Crippen molar-refractivity contribution in [2.24, 2.45) is 11.7 Å². The molecule has 3 N–H and O–H groups in total. The predicted molar refractivity (Wildman–Crippen MR) is 74.1 cm³/mol. The quantitative estimate of drug-likeness (QED) is 0.830. The Balaban J connectivity index is 2.17. The number of aromatic hydroxyl groups is 1. The summed E-state index contributed by atoms with van der Waals surface area (Å²) >= 11 is 0. The number of ether oxygens (including phenoxy) is 1. The van der Waals surface area contributed by atoms with Crippen molar-refractivity contribution in [2.45, 2.75) is 12.1 Å². The van der Waals surface area contributed by atoms with Crippen LogP contribution in [-0.2, 0) is 0 Å². The zero-order valence-electron chi connectivity index (χ0n) is 10.7. The van der Waals surface area contributed by atoms with Crippen molar-refractivity contribution in [3.63, 3.8) is 0 Å². The Hall–Kier alpha value is -2.51. The van der Waals surface area contributed by atoms with Crippen molar-refractivity contribution in [3.8, 4) is 17.6 Å². The van der Waals surface area contributed by atoms with Gasteiger partial charge in [-0.3, -0.25) is 5.73 Å². The van der Waals surface area contributed by atoms with Gasteiger partial charge in [0, 0.05) is 17.5 Å². The Morgan fingerprint density at radius 3 is 2.60 bits per heavy atom. The second-order valence-electron chi connectivity index (χ2n) is 4.85. The van der Waals surface area contributed by atoms with Crippen LogP contribution in [0.4, 0.5) is 0 Å². The average molecular weight is 266 g/mol. The maximum atomic E-state index is 9.57. The Morgan fingerprint density at radius 1 is 1.15 bits per heavy atom. The molecule has 3 rings (SSSR count). The molecule has 0 spiro atoms. The molecule has 100 valence electrons. The highest BCUT2D eigenvalue weighted by atomic mass is 16.5. The number of rotatable bonds is 1. The second kappa shape index (κ2) is 4.87. The number of fused-ring (bicyclic) bond motifs is 1. The van der Waals surface area contributed by atoms with E-state index in [1.165, 1.54) is 0 Å². The molecule has 2 aromatic rings. The van der Waals surface area contributed by atoms with Crippen LogP contribution in [0, 0.1) is 17.2 Å². The van der Waals surface area contributed by atoms with Gasteiger partial charge in [-0.2, -0.15) is 5.26 Å². The van der Waals surface area contributed by atoms with Crippen molar-refractivity contribution in [3.05, 3.63) is 59.7 Å². The number of hydrogen-bond acceptors (Lipinski definition) is 4. The van der Waals surface area contributed by atoms with Gasteiger partial charge in [0.25, 0.3) is 0 Å². The minimum absolute atomic E-state index is 0.123. The Labute approximate surface area is 117 Å². The van der Waals surface area contributed by atoms with Gasteiger partial charge in [0.1, 0.15) is 17.4 Å². The van der Waals surface area contributed by atoms with Crippen LogP contribution in [0.25, 0.3) is 0 Å². The minimum atomic E-state index is -0.709. The highest BCUT2D eigenvalue weighted by molar-refractivity contribution is 5.49. The minimum Gasteiger partial charge on any atom is -0.508 e. The summed E-state index contributed by atoms with van der Waals surface area (Å²) < 4.78 is 5.56. The summed E-state index contributed by atoms with van der Waals surface area (Å²) in [5, 5.41) is 19.0. The monoisotopic (exact) mass is 266 g/mol. The summed E-state index contributed by atoms with van der Waals surface area (Å²) in [5.74, 6) is 0.0472. The van der Waals surface area contributed by atoms with Crippen molar-refractivity contribution in [2.75, 3.05) is 0 Å². The Morgan fingerprint density at radius 2 is 1.90 bits per heavy atom. The smallest absolute Gasteiger partial charge is 0.164 e. The molecule has 0 saturated heterocycles. The van der Waals surface area contributed by atoms with Gasteiger partial charge in [-0.05, 0) is 11.6 Å². The molecule has 1 aliphatic rings. The fraction of sp³-hybridized carbons (Fsp3) is 0.188. The third-order valence-corrected chi connectivity index (χ3v) is 3.62. The first-order valence-electron chi connectivity index (χ1n) is 6.40. The number of nitrogens with two attached hydrogens (primary N) is 1. The van der Waals surface area contributed by atoms with Crippen LogP contribution < -0.4 is 10.5 Å². The van der Waals surface area contributed by atoms with E-state index in [-0.39, 0.29) is 11.7 Å². The summed E-state index contributed by atoms with van der Waals surface area (Å²) in [6.45, 7) is 0. The van der Waals surface area contributed by atoms with E-state index in [0.717, 1.165) is 11.1 Å². The lowest BCUT2D eigenvalue weighted by Crippen LogP contribution is -2.42. The van der Waals surface area contributed by atoms with Gasteiger partial charge in [0.15, 0.2) is 6.23 Å². The van der Waals surface area contributed by atoms with E-state index < -0.39 is 12.1 Å². The summed E-state index contributed by atoms with van der Waals surface area (Å²) in [5.41, 5.74) is 7.85. The summed E-state index contributed by atoms with van der Waals surface area (Å²) in [4.78, 5) is 0. The maximum Gasteiger partial charge on any atom is 0.164 e. The SMILES string of the molecule is N#C[C@H]1[C@@H](c2ccccc2)c2ccc(O)cc2O[C@H]1N. The van der Waals surface area contributed by atoms with Crippen LogP contribution >= 0.6 is 0 Å². The molecular formula is C16H14N2O2. The highest BCUT2D eigenvalue weighted by Gasteiger charge is 2.37. The molecule has 0 amide bonds. The normalized spacial score (nSPS) is 24.3. The zero-order valence-corrected chi connectivity index (χ0v) is 10.7. The van der Waals surface area contributed by atoms with Crippen molar-refractivity contribution in [1.29, 1.82) is 5.26 Å². The van der Waals surface area contributed by atoms with E-state index in [0.29, 0.717) is 5.75 Å². The third-order valence-electron chi connectivity index (χ3n) is 3.62. The van der Waals surface area contributed by atoms with Crippen LogP contribution in [0.3, 0.4) is 0 Å². The topological polar surface area (TPSA) is 79.3 Å². The maximum absolute atomic E-state index is 9.57. The lowest BCUT2D eigenvalue weighted by molar-refractivity contribution is 0.134. The van der Waals surface area contributed by atoms with Crippen LogP contribution in [0.1, 0.15) is 17.0 Å². The lowest BCUT2D eigenvalue weighted by atomic mass is 9.78. The van der Waals surface area contributed by atoms with Crippen molar-refractivity contribution >= 4 is 0 Å². The van der Waals surface area contributed by atoms with E-state index in [4.69, 9.17) is 10.5 Å². The second-order valence-corrected chi connectivity index (χ2v) is 4.85. The molecule has 2 aromatic carbocycles. The molecule has 4 nitrogen and oxygen atoms in total. The summed E-state index contributed by atoms with van der Waals surface area (Å²) in [6.07, 6.45) is -0.709. The number of benzene rings is 2. The van der Waals surface area contributed by atoms with E-state index in [1.807, 2.05) is 30.3 Å². The van der Waals surface area contributed by atoms with Gasteiger partial charge in [0.2, 0.25) is 0 Å². The number of nitriles is 1. The van der Waals surface area contributed by atoms with Gasteiger partial charge in [-0.15, -0.1) is 0 Å². The predicted octanol–water partition coefficient (Wildman–Crippen LogP) is 2.34. The highest BCUT2D eigenvalue weighted by Crippen LogP contribution is 2.43. The zero-order chi connectivity index (χ0) is 14.1. The molecule has 0 unspecified atom stereocenters. The molecule has 20 heavy (non-hydrogen) atoms. The number of nitrogens with zero attached hydrogens (tertiary/aromatic N) is 1. The summed E-state index contributed by atoms with van der Waals surface area (Å²) in [7, 11) is 0. The molecular weight excluding hydrogens is 252 g/mol. The van der Waals surface area contributed by atoms with Crippen molar-refractivity contribution < 1.29 is 9.84 Å². The molecule has 0 fully saturated rings. The third kappa shape index (κ3) is 1.98. The van der Waals surface area contributed by atoms with Crippen molar-refractivity contribution in [1.82, 2.24) is 0 Å². The fourth-order valence-electron chi connectivity index (χ4n) is 2.68. The van der Waals surface area contributed by atoms with Gasteiger partial charge < -0.3 is 9.84 Å². The van der Waals surface area contributed by atoms with Crippen LogP contribution in [0.2, 0.25) is 0 Å². The summed E-state index contributed by atoms with van der Waals surface area (Å²) in [6, 6.07) is 16.9. The van der Waals surface area contributed by atoms with E-state index >= 15 is 0 Å². The molecule has 1 aliphatic heterocycles. The Kier molecular flexibility index (Phi) is 3.05. The first-order valence-corrected chi connectivity index (χ1v) is 6.40. The molecule has 3 atom stereocenters. The number of phenolic OH excluding ortho intramolecular Hbond substituents is 1.